The Labute approximate surface area is 211 Å². The summed E-state index contributed by atoms with van der Waals surface area (Å²) >= 11 is 1.57. The predicted octanol–water partition coefficient (Wildman–Crippen LogP) is 4.54. The minimum atomic E-state index is -0.115. The van der Waals surface area contributed by atoms with Gasteiger partial charge in [0.1, 0.15) is 5.01 Å². The molecule has 4 rings (SSSR count). The molecule has 0 saturated carbocycles. The van der Waals surface area contributed by atoms with E-state index in [0.717, 1.165) is 49.0 Å². The van der Waals surface area contributed by atoms with Crippen molar-refractivity contribution < 1.29 is 14.3 Å². The summed E-state index contributed by atoms with van der Waals surface area (Å²) in [5.74, 6) is 1.18. The topological polar surface area (TPSA) is 66.9 Å². The lowest BCUT2D eigenvalue weighted by Crippen LogP contribution is -2.43. The molecule has 2 aromatic carbocycles. The third kappa shape index (κ3) is 7.04. The highest BCUT2D eigenvalue weighted by Crippen LogP contribution is 2.31. The summed E-state index contributed by atoms with van der Waals surface area (Å²) < 4.78 is 11.2. The van der Waals surface area contributed by atoms with Gasteiger partial charge >= 0.3 is 0 Å². The van der Waals surface area contributed by atoms with Gasteiger partial charge in [-0.1, -0.05) is 24.3 Å². The number of thiazole rings is 1. The number of nitrogens with one attached hydrogen (secondary N) is 1. The lowest BCUT2D eigenvalue weighted by atomic mass is 10.1. The van der Waals surface area contributed by atoms with Crippen LogP contribution in [0.2, 0.25) is 0 Å². The average Bonchev–Trinajstić information content (AvgIpc) is 3.31. The van der Waals surface area contributed by atoms with Gasteiger partial charge in [0.05, 0.1) is 25.3 Å². The Morgan fingerprint density at radius 3 is 2.43 bits per heavy atom. The van der Waals surface area contributed by atoms with Crippen molar-refractivity contribution in [1.82, 2.24) is 14.8 Å². The summed E-state index contributed by atoms with van der Waals surface area (Å²) in [5, 5.41) is 5.82. The first-order chi connectivity index (χ1) is 17.0. The number of nitrogens with zero attached hydrogens (tertiary/aromatic N) is 3. The number of piperazine rings is 1. The molecule has 1 aliphatic rings. The number of carbonyl (C=O) groups is 1. The molecule has 1 amide bonds. The summed E-state index contributed by atoms with van der Waals surface area (Å²) in [6, 6.07) is 14.1. The van der Waals surface area contributed by atoms with Crippen molar-refractivity contribution >= 4 is 22.9 Å². The fourth-order valence-corrected chi connectivity index (χ4v) is 4.86. The van der Waals surface area contributed by atoms with Crippen LogP contribution in [0, 0.1) is 0 Å². The maximum atomic E-state index is 12.6. The normalized spacial score (nSPS) is 14.6. The highest BCUT2D eigenvalue weighted by molar-refractivity contribution is 7.13. The first kappa shape index (κ1) is 25.2. The molecule has 0 aliphatic carbocycles. The maximum Gasteiger partial charge on any atom is 0.230 e. The fourth-order valence-electron chi connectivity index (χ4n) is 4.04. The van der Waals surface area contributed by atoms with E-state index in [4.69, 9.17) is 14.5 Å². The lowest BCUT2D eigenvalue weighted by molar-refractivity contribution is -0.115. The Morgan fingerprint density at radius 2 is 1.71 bits per heavy atom. The lowest BCUT2D eigenvalue weighted by Gasteiger charge is -2.32. The zero-order valence-electron chi connectivity index (χ0n) is 20.8. The number of rotatable bonds is 10. The van der Waals surface area contributed by atoms with E-state index < -0.39 is 0 Å². The van der Waals surface area contributed by atoms with Crippen molar-refractivity contribution in [2.45, 2.75) is 26.8 Å². The number of amides is 1. The largest absolute Gasteiger partial charge is 0.490 e. The number of benzene rings is 2. The molecule has 0 unspecified atom stereocenters. The highest BCUT2D eigenvalue weighted by Gasteiger charge is 2.15. The van der Waals surface area contributed by atoms with E-state index >= 15 is 0 Å². The molecule has 0 bridgehead atoms. The van der Waals surface area contributed by atoms with E-state index in [-0.39, 0.29) is 12.3 Å². The maximum absolute atomic E-state index is 12.6. The van der Waals surface area contributed by atoms with Crippen LogP contribution in [0.1, 0.15) is 25.1 Å². The molecular weight excluding hydrogens is 460 g/mol. The van der Waals surface area contributed by atoms with Crippen molar-refractivity contribution in [2.75, 3.05) is 51.8 Å². The first-order valence-electron chi connectivity index (χ1n) is 12.2. The summed E-state index contributed by atoms with van der Waals surface area (Å²) in [7, 11) is 2.18. The van der Waals surface area contributed by atoms with Gasteiger partial charge in [-0.2, -0.15) is 0 Å². The molecular formula is C27H34N4O3S. The number of hydrogen-bond donors (Lipinski definition) is 1. The van der Waals surface area contributed by atoms with Crippen molar-refractivity contribution in [3.05, 3.63) is 59.1 Å². The van der Waals surface area contributed by atoms with Crippen LogP contribution in [-0.4, -0.2) is 67.1 Å². The van der Waals surface area contributed by atoms with Gasteiger partial charge in [-0.25, -0.2) is 4.98 Å². The van der Waals surface area contributed by atoms with Crippen LogP contribution in [0.4, 0.5) is 5.69 Å². The van der Waals surface area contributed by atoms with E-state index in [0.29, 0.717) is 30.4 Å². The molecule has 8 heteroatoms. The number of hydrogen-bond acceptors (Lipinski definition) is 7. The van der Waals surface area contributed by atoms with Gasteiger partial charge in [0.25, 0.3) is 0 Å². The third-order valence-corrected chi connectivity index (χ3v) is 6.86. The first-order valence-corrected chi connectivity index (χ1v) is 13.1. The summed E-state index contributed by atoms with van der Waals surface area (Å²) in [5.41, 5.74) is 3.83. The molecule has 1 aliphatic heterocycles. The van der Waals surface area contributed by atoms with Gasteiger partial charge in [-0.3, -0.25) is 9.69 Å². The Bertz CT molecular complexity index is 1110. The molecule has 3 aromatic rings. The molecule has 2 heterocycles. The van der Waals surface area contributed by atoms with Crippen LogP contribution < -0.4 is 14.8 Å². The smallest absolute Gasteiger partial charge is 0.230 e. The Kier molecular flexibility index (Phi) is 8.74. The standard InChI is InChI=1S/C27H34N4O3S/c1-4-33-24-11-10-22(16-25(24)34-5-2)28-26(32)17-23-19-35-27(29-23)21-8-6-20(7-9-21)18-31-14-12-30(3)13-15-31/h6-11,16,19H,4-5,12-15,17-18H2,1-3H3,(H,28,32). The number of ether oxygens (including phenoxy) is 2. The predicted molar refractivity (Wildman–Crippen MR) is 141 cm³/mol. The summed E-state index contributed by atoms with van der Waals surface area (Å²) in [6.07, 6.45) is 0.217. The van der Waals surface area contributed by atoms with Crippen LogP contribution in [0.25, 0.3) is 10.6 Å². The van der Waals surface area contributed by atoms with Gasteiger partial charge in [0.15, 0.2) is 11.5 Å². The van der Waals surface area contributed by atoms with Gasteiger partial charge in [0.2, 0.25) is 5.91 Å². The summed E-state index contributed by atoms with van der Waals surface area (Å²) in [6.45, 7) is 10.4. The van der Waals surface area contributed by atoms with Crippen molar-refractivity contribution in [1.29, 1.82) is 0 Å². The van der Waals surface area contributed by atoms with Gasteiger partial charge < -0.3 is 19.7 Å². The molecule has 1 fully saturated rings. The van der Waals surface area contributed by atoms with Crippen LogP contribution in [0.3, 0.4) is 0 Å². The fraction of sp³-hybridized carbons (Fsp3) is 0.407. The van der Waals surface area contributed by atoms with Gasteiger partial charge in [0, 0.05) is 55.4 Å². The van der Waals surface area contributed by atoms with E-state index in [9.17, 15) is 4.79 Å². The third-order valence-electron chi connectivity index (χ3n) is 5.92. The Hall–Kier alpha value is -2.94. The molecule has 0 spiro atoms. The van der Waals surface area contributed by atoms with Gasteiger partial charge in [-0.05, 0) is 38.6 Å². The van der Waals surface area contributed by atoms with Crippen molar-refractivity contribution in [2.24, 2.45) is 0 Å². The minimum absolute atomic E-state index is 0.115. The minimum Gasteiger partial charge on any atom is -0.490 e. The number of carbonyl (C=O) groups excluding carboxylic acids is 1. The quantitative estimate of drug-likeness (QED) is 0.447. The van der Waals surface area contributed by atoms with Crippen molar-refractivity contribution in [3.63, 3.8) is 0 Å². The zero-order chi connectivity index (χ0) is 24.6. The van der Waals surface area contributed by atoms with E-state index in [2.05, 4.69) is 46.4 Å². The molecule has 1 N–H and O–H groups in total. The molecule has 1 saturated heterocycles. The second kappa shape index (κ2) is 12.2. The molecule has 0 radical (unpaired) electrons. The van der Waals surface area contributed by atoms with Crippen molar-refractivity contribution in [3.8, 4) is 22.1 Å². The molecule has 35 heavy (non-hydrogen) atoms. The molecule has 0 atom stereocenters. The number of anilines is 1. The summed E-state index contributed by atoms with van der Waals surface area (Å²) in [4.78, 5) is 22.2. The SMILES string of the molecule is CCOc1ccc(NC(=O)Cc2csc(-c3ccc(CN4CCN(C)CC4)cc3)n2)cc1OCC. The molecule has 1 aromatic heterocycles. The highest BCUT2D eigenvalue weighted by atomic mass is 32.1. The number of likely N-dealkylation sites (N-methyl/N-ethyl adjacent to an activating group) is 1. The van der Waals surface area contributed by atoms with Gasteiger partial charge in [-0.15, -0.1) is 11.3 Å². The Morgan fingerprint density at radius 1 is 1.00 bits per heavy atom. The van der Waals surface area contributed by atoms with Crippen LogP contribution in [0.15, 0.2) is 47.8 Å². The second-order valence-corrected chi connectivity index (χ2v) is 9.53. The van der Waals surface area contributed by atoms with E-state index in [1.807, 2.05) is 31.4 Å². The molecule has 7 nitrogen and oxygen atoms in total. The van der Waals surface area contributed by atoms with Crippen LogP contribution in [0.5, 0.6) is 11.5 Å². The van der Waals surface area contributed by atoms with E-state index in [1.165, 1.54) is 5.56 Å². The van der Waals surface area contributed by atoms with E-state index in [1.54, 1.807) is 17.4 Å². The van der Waals surface area contributed by atoms with Crippen LogP contribution >= 0.6 is 11.3 Å². The number of aromatic nitrogens is 1. The monoisotopic (exact) mass is 494 g/mol. The molecule has 186 valence electrons. The average molecular weight is 495 g/mol. The Balaban J connectivity index is 1.33. The zero-order valence-corrected chi connectivity index (χ0v) is 21.6. The second-order valence-electron chi connectivity index (χ2n) is 8.67. The van der Waals surface area contributed by atoms with Crippen LogP contribution in [-0.2, 0) is 17.8 Å².